The van der Waals surface area contributed by atoms with Crippen molar-refractivity contribution < 1.29 is 9.47 Å². The van der Waals surface area contributed by atoms with Gasteiger partial charge < -0.3 is 20.5 Å². The summed E-state index contributed by atoms with van der Waals surface area (Å²) in [4.78, 5) is 4.23. The molecule has 5 heteroatoms. The van der Waals surface area contributed by atoms with Crippen LogP contribution in [0, 0.1) is 0 Å². The number of nitrogens with one attached hydrogen (secondary N) is 1. The summed E-state index contributed by atoms with van der Waals surface area (Å²) in [6.07, 6.45) is 2.72. The zero-order valence-corrected chi connectivity index (χ0v) is 10.3. The molecule has 0 aliphatic carbocycles. The first-order valence-electron chi connectivity index (χ1n) is 5.98. The van der Waals surface area contributed by atoms with Gasteiger partial charge in [0.1, 0.15) is 0 Å². The number of ether oxygens (including phenoxy) is 2. The van der Waals surface area contributed by atoms with E-state index in [9.17, 15) is 0 Å². The normalized spacial score (nSPS) is 10.2. The molecule has 5 nitrogen and oxygen atoms in total. The second-order valence-corrected chi connectivity index (χ2v) is 3.53. The number of aromatic nitrogens is 1. The summed E-state index contributed by atoms with van der Waals surface area (Å²) < 4.78 is 10.8. The summed E-state index contributed by atoms with van der Waals surface area (Å²) in [6.45, 7) is 5.21. The first-order valence-corrected chi connectivity index (χ1v) is 5.98. The van der Waals surface area contributed by atoms with Crippen molar-refractivity contribution in [3.05, 3.63) is 18.3 Å². The van der Waals surface area contributed by atoms with Gasteiger partial charge in [-0.25, -0.2) is 4.98 Å². The van der Waals surface area contributed by atoms with E-state index in [-0.39, 0.29) is 0 Å². The van der Waals surface area contributed by atoms with Crippen LogP contribution in [-0.4, -0.2) is 37.9 Å². The maximum absolute atomic E-state index is 5.58. The predicted octanol–water partition coefficient (Wildman–Crippen LogP) is 1.26. The highest BCUT2D eigenvalue weighted by molar-refractivity contribution is 5.49. The minimum atomic E-state index is 0.550. The van der Waals surface area contributed by atoms with Crippen molar-refractivity contribution >= 4 is 5.82 Å². The maximum Gasteiger partial charge on any atom is 0.168 e. The van der Waals surface area contributed by atoms with Crippen molar-refractivity contribution in [3.8, 4) is 5.75 Å². The molecule has 0 saturated heterocycles. The van der Waals surface area contributed by atoms with Crippen LogP contribution in [0.2, 0.25) is 0 Å². The van der Waals surface area contributed by atoms with Gasteiger partial charge in [0, 0.05) is 19.3 Å². The molecule has 0 aliphatic heterocycles. The molecule has 1 rings (SSSR count). The van der Waals surface area contributed by atoms with E-state index < -0.39 is 0 Å². The van der Waals surface area contributed by atoms with Gasteiger partial charge in [0.15, 0.2) is 11.6 Å². The highest BCUT2D eigenvalue weighted by Gasteiger charge is 2.02. The molecule has 0 amide bonds. The Morgan fingerprint density at radius 2 is 2.24 bits per heavy atom. The number of rotatable bonds is 9. The Morgan fingerprint density at radius 3 is 3.00 bits per heavy atom. The molecule has 0 fully saturated rings. The molecule has 1 aromatic heterocycles. The Bertz CT molecular complexity index is 308. The summed E-state index contributed by atoms with van der Waals surface area (Å²) in [5.41, 5.74) is 5.32. The zero-order chi connectivity index (χ0) is 12.3. The lowest BCUT2D eigenvalue weighted by Gasteiger charge is -2.11. The van der Waals surface area contributed by atoms with E-state index >= 15 is 0 Å². The summed E-state index contributed by atoms with van der Waals surface area (Å²) >= 11 is 0. The molecule has 0 aliphatic rings. The van der Waals surface area contributed by atoms with Gasteiger partial charge >= 0.3 is 0 Å². The largest absolute Gasteiger partial charge is 0.490 e. The fourth-order valence-corrected chi connectivity index (χ4v) is 1.28. The van der Waals surface area contributed by atoms with Gasteiger partial charge in [-0.15, -0.1) is 0 Å². The number of hydrogen-bond donors (Lipinski definition) is 2. The summed E-state index contributed by atoms with van der Waals surface area (Å²) in [5, 5.41) is 3.18. The lowest BCUT2D eigenvalue weighted by atomic mass is 10.4. The molecule has 3 N–H and O–H groups in total. The number of anilines is 1. The number of pyridine rings is 1. The molecule has 0 unspecified atom stereocenters. The molecule has 96 valence electrons. The third-order valence-corrected chi connectivity index (χ3v) is 2.03. The van der Waals surface area contributed by atoms with Crippen molar-refractivity contribution in [2.24, 2.45) is 5.73 Å². The topological polar surface area (TPSA) is 69.4 Å². The lowest BCUT2D eigenvalue weighted by Crippen LogP contribution is -2.15. The van der Waals surface area contributed by atoms with Crippen LogP contribution in [0.25, 0.3) is 0 Å². The van der Waals surface area contributed by atoms with Crippen LogP contribution in [0.3, 0.4) is 0 Å². The van der Waals surface area contributed by atoms with E-state index in [1.165, 1.54) is 0 Å². The zero-order valence-electron chi connectivity index (χ0n) is 10.3. The van der Waals surface area contributed by atoms with E-state index in [0.717, 1.165) is 18.0 Å². The summed E-state index contributed by atoms with van der Waals surface area (Å²) in [6, 6.07) is 3.77. The van der Waals surface area contributed by atoms with E-state index in [0.29, 0.717) is 32.9 Å². The van der Waals surface area contributed by atoms with E-state index in [1.807, 2.05) is 12.1 Å². The highest BCUT2D eigenvalue weighted by atomic mass is 16.5. The fraction of sp³-hybridized carbons (Fsp3) is 0.583. The Balaban J connectivity index is 2.35. The predicted molar refractivity (Wildman–Crippen MR) is 68.4 cm³/mol. The van der Waals surface area contributed by atoms with E-state index in [2.05, 4.69) is 17.2 Å². The quantitative estimate of drug-likeness (QED) is 0.635. The van der Waals surface area contributed by atoms with Crippen LogP contribution >= 0.6 is 0 Å². The van der Waals surface area contributed by atoms with Crippen LogP contribution in [0.4, 0.5) is 5.82 Å². The van der Waals surface area contributed by atoms with Crippen molar-refractivity contribution in [2.45, 2.75) is 13.3 Å². The average Bonchev–Trinajstić information content (AvgIpc) is 2.37. The minimum Gasteiger partial charge on any atom is -0.490 e. The monoisotopic (exact) mass is 239 g/mol. The molecule has 0 spiro atoms. The van der Waals surface area contributed by atoms with Crippen molar-refractivity contribution in [1.82, 2.24) is 4.98 Å². The first kappa shape index (κ1) is 13.7. The van der Waals surface area contributed by atoms with Gasteiger partial charge in [0.25, 0.3) is 0 Å². The second kappa shape index (κ2) is 8.78. The van der Waals surface area contributed by atoms with Gasteiger partial charge in [-0.2, -0.15) is 0 Å². The molecule has 0 atom stereocenters. The van der Waals surface area contributed by atoms with E-state index in [4.69, 9.17) is 15.2 Å². The van der Waals surface area contributed by atoms with Crippen LogP contribution in [0.1, 0.15) is 13.3 Å². The van der Waals surface area contributed by atoms with Crippen LogP contribution < -0.4 is 15.8 Å². The van der Waals surface area contributed by atoms with E-state index in [1.54, 1.807) is 6.20 Å². The highest BCUT2D eigenvalue weighted by Crippen LogP contribution is 2.20. The van der Waals surface area contributed by atoms with Gasteiger partial charge in [-0.3, -0.25) is 0 Å². The van der Waals surface area contributed by atoms with Crippen molar-refractivity contribution in [3.63, 3.8) is 0 Å². The molecule has 0 radical (unpaired) electrons. The molecule has 0 aromatic carbocycles. The lowest BCUT2D eigenvalue weighted by molar-refractivity contribution is 0.151. The Kier molecular flexibility index (Phi) is 7.09. The fourth-order valence-electron chi connectivity index (χ4n) is 1.28. The third kappa shape index (κ3) is 5.51. The SMILES string of the molecule is CCCOc1cccnc1NCCOCCN. The first-order chi connectivity index (χ1) is 8.38. The van der Waals surface area contributed by atoms with Crippen molar-refractivity contribution in [2.75, 3.05) is 38.2 Å². The van der Waals surface area contributed by atoms with Gasteiger partial charge in [0.05, 0.1) is 19.8 Å². The maximum atomic E-state index is 5.58. The molecule has 0 bridgehead atoms. The van der Waals surface area contributed by atoms with Gasteiger partial charge in [0.2, 0.25) is 0 Å². The van der Waals surface area contributed by atoms with Crippen LogP contribution in [-0.2, 0) is 4.74 Å². The van der Waals surface area contributed by atoms with Gasteiger partial charge in [-0.05, 0) is 18.6 Å². The third-order valence-electron chi connectivity index (χ3n) is 2.03. The average molecular weight is 239 g/mol. The summed E-state index contributed by atoms with van der Waals surface area (Å²) in [7, 11) is 0. The smallest absolute Gasteiger partial charge is 0.168 e. The molecular formula is C12H21N3O2. The second-order valence-electron chi connectivity index (χ2n) is 3.53. The molecular weight excluding hydrogens is 218 g/mol. The minimum absolute atomic E-state index is 0.550. The number of hydrogen-bond acceptors (Lipinski definition) is 5. The molecule has 0 saturated carbocycles. The standard InChI is InChI=1S/C12H21N3O2/c1-2-8-17-11-4-3-6-14-12(11)15-7-10-16-9-5-13/h3-4,6H,2,5,7-10,13H2,1H3,(H,14,15). The molecule has 1 aromatic rings. The number of nitrogens with zero attached hydrogens (tertiary/aromatic N) is 1. The Morgan fingerprint density at radius 1 is 1.35 bits per heavy atom. The molecule has 1 heterocycles. The summed E-state index contributed by atoms with van der Waals surface area (Å²) in [5.74, 6) is 1.55. The Hall–Kier alpha value is -1.33. The van der Waals surface area contributed by atoms with Crippen LogP contribution in [0.5, 0.6) is 5.75 Å². The van der Waals surface area contributed by atoms with Crippen molar-refractivity contribution in [1.29, 1.82) is 0 Å². The Labute approximate surface area is 102 Å². The van der Waals surface area contributed by atoms with Crippen LogP contribution in [0.15, 0.2) is 18.3 Å². The number of nitrogens with two attached hydrogens (primary N) is 1. The molecule has 17 heavy (non-hydrogen) atoms. The van der Waals surface area contributed by atoms with Gasteiger partial charge in [-0.1, -0.05) is 6.92 Å².